The number of aromatic nitrogens is 3. The van der Waals surface area contributed by atoms with E-state index >= 15 is 0 Å². The molecule has 2 aromatic carbocycles. The monoisotopic (exact) mass is 462 g/mol. The first kappa shape index (κ1) is 21.3. The third-order valence-corrected chi connectivity index (χ3v) is 6.20. The van der Waals surface area contributed by atoms with Crippen molar-refractivity contribution in [3.05, 3.63) is 82.0 Å². The van der Waals surface area contributed by atoms with Gasteiger partial charge in [0.1, 0.15) is 11.6 Å². The number of Topliss-reactive ketones (excluding diaryl/α,β-unsaturated/α-hetero) is 1. The van der Waals surface area contributed by atoms with Gasteiger partial charge in [-0.05, 0) is 49.2 Å². The van der Waals surface area contributed by atoms with Crippen molar-refractivity contribution >= 4 is 34.4 Å². The molecule has 1 aliphatic carbocycles. The molecule has 0 bridgehead atoms. The van der Waals surface area contributed by atoms with Crippen LogP contribution in [0.3, 0.4) is 0 Å². The van der Waals surface area contributed by atoms with Crippen molar-refractivity contribution in [3.63, 3.8) is 0 Å². The zero-order valence-electron chi connectivity index (χ0n) is 17.6. The fourth-order valence-electron chi connectivity index (χ4n) is 4.14. The lowest BCUT2D eigenvalue weighted by Gasteiger charge is -2.22. The number of nitrogens with zero attached hydrogens (tertiary/aromatic N) is 3. The maximum absolute atomic E-state index is 13.7. The highest BCUT2D eigenvalue weighted by Gasteiger charge is 2.21. The largest absolute Gasteiger partial charge is 0.351 e. The minimum absolute atomic E-state index is 0.0912. The van der Waals surface area contributed by atoms with Gasteiger partial charge in [-0.1, -0.05) is 29.8 Å². The summed E-state index contributed by atoms with van der Waals surface area (Å²) in [4.78, 5) is 34.3. The topological polar surface area (TPSA) is 76.9 Å². The summed E-state index contributed by atoms with van der Waals surface area (Å²) in [6, 6.07) is 14.6. The van der Waals surface area contributed by atoms with E-state index in [0.29, 0.717) is 51.7 Å². The van der Waals surface area contributed by atoms with Gasteiger partial charge in [0.15, 0.2) is 5.65 Å². The van der Waals surface area contributed by atoms with Crippen LogP contribution in [-0.4, -0.2) is 26.4 Å². The van der Waals surface area contributed by atoms with E-state index in [9.17, 15) is 14.0 Å². The number of ketones is 1. The maximum atomic E-state index is 13.7. The highest BCUT2D eigenvalue weighted by Crippen LogP contribution is 2.28. The molecule has 166 valence electrons. The first-order valence-electron chi connectivity index (χ1n) is 10.7. The number of pyridine rings is 1. The Morgan fingerprint density at radius 3 is 2.45 bits per heavy atom. The molecule has 2 heterocycles. The van der Waals surface area contributed by atoms with Gasteiger partial charge < -0.3 is 5.32 Å². The molecule has 0 aliphatic heterocycles. The molecule has 0 unspecified atom stereocenters. The van der Waals surface area contributed by atoms with E-state index in [2.05, 4.69) is 15.3 Å². The number of hydrogen-bond donors (Lipinski definition) is 1. The second-order valence-corrected chi connectivity index (χ2v) is 8.49. The van der Waals surface area contributed by atoms with E-state index in [0.717, 1.165) is 12.8 Å². The van der Waals surface area contributed by atoms with Crippen molar-refractivity contribution in [3.8, 4) is 16.8 Å². The molecule has 6 nitrogen and oxygen atoms in total. The van der Waals surface area contributed by atoms with Gasteiger partial charge in [0.25, 0.3) is 5.56 Å². The van der Waals surface area contributed by atoms with E-state index in [4.69, 9.17) is 11.6 Å². The molecule has 1 fully saturated rings. The molecule has 1 aliphatic rings. The van der Waals surface area contributed by atoms with Crippen LogP contribution in [0.1, 0.15) is 25.7 Å². The first-order valence-corrected chi connectivity index (χ1v) is 11.1. The Morgan fingerprint density at radius 2 is 1.73 bits per heavy atom. The van der Waals surface area contributed by atoms with Gasteiger partial charge in [-0.3, -0.25) is 14.2 Å². The summed E-state index contributed by atoms with van der Waals surface area (Å²) in [5.74, 6) is 0.245. The van der Waals surface area contributed by atoms with Crippen molar-refractivity contribution < 1.29 is 9.18 Å². The summed E-state index contributed by atoms with van der Waals surface area (Å²) < 4.78 is 15.1. The first-order chi connectivity index (χ1) is 16.0. The van der Waals surface area contributed by atoms with E-state index in [1.54, 1.807) is 30.5 Å². The summed E-state index contributed by atoms with van der Waals surface area (Å²) in [6.45, 7) is 0. The Kier molecular flexibility index (Phi) is 5.64. The SMILES string of the molecule is O=C1CCC(Nc2ncc3cc(-c4ccccc4Cl)c(=O)n(-c4ccc(F)cc4)c3n2)CC1. The quantitative estimate of drug-likeness (QED) is 0.453. The summed E-state index contributed by atoms with van der Waals surface area (Å²) in [6.07, 6.45) is 4.16. The van der Waals surface area contributed by atoms with Crippen LogP contribution in [0.25, 0.3) is 27.8 Å². The van der Waals surface area contributed by atoms with Crippen molar-refractivity contribution in [2.45, 2.75) is 31.7 Å². The van der Waals surface area contributed by atoms with Gasteiger partial charge in [-0.25, -0.2) is 9.37 Å². The van der Waals surface area contributed by atoms with Crippen LogP contribution in [0.15, 0.2) is 65.6 Å². The number of fused-ring (bicyclic) bond motifs is 1. The van der Waals surface area contributed by atoms with E-state index in [1.165, 1.54) is 28.8 Å². The molecule has 1 N–H and O–H groups in total. The summed E-state index contributed by atoms with van der Waals surface area (Å²) in [5.41, 5.74) is 1.54. The normalized spacial score (nSPS) is 14.5. The maximum Gasteiger partial charge on any atom is 0.264 e. The lowest BCUT2D eigenvalue weighted by molar-refractivity contribution is -0.120. The number of anilines is 1. The van der Waals surface area contributed by atoms with Crippen LogP contribution in [0, 0.1) is 5.82 Å². The molecule has 4 aromatic rings. The zero-order chi connectivity index (χ0) is 22.9. The lowest BCUT2D eigenvalue weighted by atomic mass is 9.94. The third-order valence-electron chi connectivity index (χ3n) is 5.87. The highest BCUT2D eigenvalue weighted by molar-refractivity contribution is 6.33. The molecule has 0 spiro atoms. The zero-order valence-corrected chi connectivity index (χ0v) is 18.3. The van der Waals surface area contributed by atoms with Crippen LogP contribution in [0.5, 0.6) is 0 Å². The summed E-state index contributed by atoms with van der Waals surface area (Å²) in [5, 5.41) is 4.37. The molecule has 33 heavy (non-hydrogen) atoms. The number of halogens is 2. The Morgan fingerprint density at radius 1 is 1.00 bits per heavy atom. The van der Waals surface area contributed by atoms with E-state index < -0.39 is 5.82 Å². The van der Waals surface area contributed by atoms with Crippen molar-refractivity contribution in [1.82, 2.24) is 14.5 Å². The summed E-state index contributed by atoms with van der Waals surface area (Å²) >= 11 is 6.38. The molecule has 8 heteroatoms. The van der Waals surface area contributed by atoms with Gasteiger partial charge in [0, 0.05) is 46.6 Å². The van der Waals surface area contributed by atoms with Crippen LogP contribution in [0.2, 0.25) is 5.02 Å². The predicted octanol–water partition coefficient (Wildman–Crippen LogP) is 5.16. The molecule has 0 atom stereocenters. The van der Waals surface area contributed by atoms with Crippen molar-refractivity contribution in [2.24, 2.45) is 0 Å². The number of rotatable bonds is 4. The minimum atomic E-state index is -0.401. The Labute approximate surface area is 194 Å². The number of carbonyl (C=O) groups excluding carboxylic acids is 1. The number of hydrogen-bond acceptors (Lipinski definition) is 5. The van der Waals surface area contributed by atoms with Gasteiger partial charge in [-0.2, -0.15) is 4.98 Å². The fraction of sp³-hybridized carbons (Fsp3) is 0.200. The van der Waals surface area contributed by atoms with Gasteiger partial charge >= 0.3 is 0 Å². The van der Waals surface area contributed by atoms with E-state index in [-0.39, 0.29) is 17.4 Å². The molecular weight excluding hydrogens is 443 g/mol. The highest BCUT2D eigenvalue weighted by atomic mass is 35.5. The Hall–Kier alpha value is -3.58. The molecular formula is C25H20ClFN4O2. The van der Waals surface area contributed by atoms with Gasteiger partial charge in [-0.15, -0.1) is 0 Å². The molecule has 0 radical (unpaired) electrons. The molecule has 0 amide bonds. The molecule has 1 saturated carbocycles. The fourth-order valence-corrected chi connectivity index (χ4v) is 4.37. The predicted molar refractivity (Wildman–Crippen MR) is 126 cm³/mol. The smallest absolute Gasteiger partial charge is 0.264 e. The summed E-state index contributed by atoms with van der Waals surface area (Å²) in [7, 11) is 0. The Bertz CT molecular complexity index is 1410. The number of carbonyl (C=O) groups is 1. The van der Waals surface area contributed by atoms with Crippen LogP contribution < -0.4 is 10.9 Å². The molecule has 5 rings (SSSR count). The molecule has 0 saturated heterocycles. The Balaban J connectivity index is 1.68. The second-order valence-electron chi connectivity index (χ2n) is 8.08. The number of nitrogens with one attached hydrogen (secondary N) is 1. The number of benzene rings is 2. The average molecular weight is 463 g/mol. The van der Waals surface area contributed by atoms with Crippen LogP contribution >= 0.6 is 11.6 Å². The molecule has 2 aromatic heterocycles. The standard InChI is InChI=1S/C25H20ClFN4O2/c26-22-4-2-1-3-20(22)21-13-15-14-28-25(29-17-7-11-19(32)12-8-17)30-23(15)31(24(21)33)18-9-5-16(27)6-10-18/h1-6,9-10,13-14,17H,7-8,11-12H2,(H,28,29,30). The van der Waals surface area contributed by atoms with Crippen molar-refractivity contribution in [1.29, 1.82) is 0 Å². The lowest BCUT2D eigenvalue weighted by Crippen LogP contribution is -2.27. The van der Waals surface area contributed by atoms with Crippen LogP contribution in [0.4, 0.5) is 10.3 Å². The average Bonchev–Trinajstić information content (AvgIpc) is 2.82. The van der Waals surface area contributed by atoms with Gasteiger partial charge in [0.05, 0.1) is 5.69 Å². The van der Waals surface area contributed by atoms with E-state index in [1.807, 2.05) is 6.07 Å². The van der Waals surface area contributed by atoms with Crippen molar-refractivity contribution in [2.75, 3.05) is 5.32 Å². The second kappa shape index (κ2) is 8.75. The minimum Gasteiger partial charge on any atom is -0.351 e. The van der Waals surface area contributed by atoms with Crippen LogP contribution in [-0.2, 0) is 4.79 Å². The third kappa shape index (κ3) is 4.24. The van der Waals surface area contributed by atoms with Gasteiger partial charge in [0.2, 0.25) is 5.95 Å².